The standard InChI is InChI=1S/C19H16ClN3O4S/c1-12-6-7-13(9-15(12)20)8-14-10-21-19(28-14)22-18(24)11-27-17-5-3-2-4-16(17)23(25)26/h2-7,9-10H,8,11H2,1H3,(H,21,22,24). The number of nitro benzene ring substituents is 1. The third-order valence-electron chi connectivity index (χ3n) is 3.84. The normalized spacial score (nSPS) is 10.5. The Labute approximate surface area is 170 Å². The van der Waals surface area contributed by atoms with Crippen LogP contribution in [0.2, 0.25) is 5.02 Å². The van der Waals surface area contributed by atoms with E-state index in [2.05, 4.69) is 10.3 Å². The van der Waals surface area contributed by atoms with E-state index < -0.39 is 10.8 Å². The van der Waals surface area contributed by atoms with E-state index in [1.54, 1.807) is 12.3 Å². The van der Waals surface area contributed by atoms with Gasteiger partial charge in [0.05, 0.1) is 4.92 Å². The van der Waals surface area contributed by atoms with Crippen molar-refractivity contribution in [2.45, 2.75) is 13.3 Å². The van der Waals surface area contributed by atoms with Gasteiger partial charge in [0, 0.05) is 28.6 Å². The summed E-state index contributed by atoms with van der Waals surface area (Å²) in [4.78, 5) is 27.6. The zero-order valence-electron chi connectivity index (χ0n) is 14.8. The molecular weight excluding hydrogens is 402 g/mol. The molecule has 2 aromatic carbocycles. The van der Waals surface area contributed by atoms with E-state index in [4.69, 9.17) is 16.3 Å². The van der Waals surface area contributed by atoms with E-state index in [1.165, 1.54) is 29.5 Å². The van der Waals surface area contributed by atoms with Crippen LogP contribution in [0.3, 0.4) is 0 Å². The minimum Gasteiger partial charge on any atom is -0.477 e. The highest BCUT2D eigenvalue weighted by Gasteiger charge is 2.15. The van der Waals surface area contributed by atoms with Crippen LogP contribution in [0.25, 0.3) is 0 Å². The first kappa shape index (κ1) is 19.8. The molecule has 0 unspecified atom stereocenters. The molecule has 0 atom stereocenters. The first-order chi connectivity index (χ1) is 13.4. The zero-order valence-corrected chi connectivity index (χ0v) is 16.4. The summed E-state index contributed by atoms with van der Waals surface area (Å²) in [7, 11) is 0. The van der Waals surface area contributed by atoms with E-state index in [9.17, 15) is 14.9 Å². The van der Waals surface area contributed by atoms with Gasteiger partial charge in [-0.1, -0.05) is 35.9 Å². The Morgan fingerprint density at radius 1 is 1.32 bits per heavy atom. The van der Waals surface area contributed by atoms with Crippen LogP contribution in [-0.4, -0.2) is 22.4 Å². The van der Waals surface area contributed by atoms with Gasteiger partial charge >= 0.3 is 5.69 Å². The summed E-state index contributed by atoms with van der Waals surface area (Å²) >= 11 is 7.49. The number of aryl methyl sites for hydroxylation is 1. The molecule has 0 saturated carbocycles. The highest BCUT2D eigenvalue weighted by atomic mass is 35.5. The molecule has 0 saturated heterocycles. The van der Waals surface area contributed by atoms with Crippen molar-refractivity contribution in [1.82, 2.24) is 4.98 Å². The Balaban J connectivity index is 1.57. The number of nitro groups is 1. The number of aromatic nitrogens is 1. The van der Waals surface area contributed by atoms with E-state index >= 15 is 0 Å². The van der Waals surface area contributed by atoms with Gasteiger partial charge in [-0.2, -0.15) is 0 Å². The molecule has 1 aromatic heterocycles. The summed E-state index contributed by atoms with van der Waals surface area (Å²) in [5, 5.41) is 14.7. The van der Waals surface area contributed by atoms with Crippen LogP contribution in [0.5, 0.6) is 5.75 Å². The molecule has 0 radical (unpaired) electrons. The van der Waals surface area contributed by atoms with Gasteiger partial charge in [0.15, 0.2) is 17.5 Å². The molecule has 0 spiro atoms. The molecule has 0 aliphatic rings. The Morgan fingerprint density at radius 3 is 2.86 bits per heavy atom. The summed E-state index contributed by atoms with van der Waals surface area (Å²) in [6, 6.07) is 11.8. The van der Waals surface area contributed by atoms with E-state index in [-0.39, 0.29) is 18.0 Å². The van der Waals surface area contributed by atoms with Gasteiger partial charge in [0.25, 0.3) is 5.91 Å². The van der Waals surface area contributed by atoms with Crippen LogP contribution >= 0.6 is 22.9 Å². The smallest absolute Gasteiger partial charge is 0.310 e. The number of carbonyl (C=O) groups is 1. The number of anilines is 1. The Morgan fingerprint density at radius 2 is 2.11 bits per heavy atom. The maximum atomic E-state index is 12.1. The van der Waals surface area contributed by atoms with Gasteiger partial charge in [-0.05, 0) is 30.2 Å². The number of nitrogens with zero attached hydrogens (tertiary/aromatic N) is 2. The molecule has 3 aromatic rings. The van der Waals surface area contributed by atoms with Crippen LogP contribution in [-0.2, 0) is 11.2 Å². The number of thiazole rings is 1. The van der Waals surface area contributed by atoms with Crippen LogP contribution in [0.4, 0.5) is 10.8 Å². The molecule has 0 bridgehead atoms. The van der Waals surface area contributed by atoms with Crippen molar-refractivity contribution in [3.8, 4) is 5.75 Å². The number of amides is 1. The maximum absolute atomic E-state index is 12.1. The molecule has 0 aliphatic heterocycles. The highest BCUT2D eigenvalue weighted by Crippen LogP contribution is 2.26. The molecule has 1 heterocycles. The first-order valence-corrected chi connectivity index (χ1v) is 9.47. The monoisotopic (exact) mass is 417 g/mol. The second-order valence-electron chi connectivity index (χ2n) is 5.95. The number of hydrogen-bond donors (Lipinski definition) is 1. The largest absolute Gasteiger partial charge is 0.477 e. The summed E-state index contributed by atoms with van der Waals surface area (Å²) in [5.74, 6) is -0.406. The van der Waals surface area contributed by atoms with E-state index in [1.807, 2.05) is 25.1 Å². The van der Waals surface area contributed by atoms with Crippen molar-refractivity contribution in [3.63, 3.8) is 0 Å². The number of carbonyl (C=O) groups excluding carboxylic acids is 1. The quantitative estimate of drug-likeness (QED) is 0.447. The van der Waals surface area contributed by atoms with Gasteiger partial charge < -0.3 is 4.74 Å². The molecule has 7 nitrogen and oxygen atoms in total. The van der Waals surface area contributed by atoms with Crippen molar-refractivity contribution >= 4 is 39.7 Å². The number of hydrogen-bond acceptors (Lipinski definition) is 6. The van der Waals surface area contributed by atoms with Gasteiger partial charge in [-0.15, -0.1) is 11.3 Å². The Bertz CT molecular complexity index is 1020. The van der Waals surface area contributed by atoms with Gasteiger partial charge in [0.2, 0.25) is 0 Å². The third-order valence-corrected chi connectivity index (χ3v) is 5.16. The number of benzene rings is 2. The molecule has 9 heteroatoms. The minimum absolute atomic E-state index is 0.0405. The SMILES string of the molecule is Cc1ccc(Cc2cnc(NC(=O)COc3ccccc3[N+](=O)[O-])s2)cc1Cl. The predicted octanol–water partition coefficient (Wildman–Crippen LogP) is 4.62. The number of nitrogens with one attached hydrogen (secondary N) is 1. The molecule has 0 fully saturated rings. The number of para-hydroxylation sites is 2. The van der Waals surface area contributed by atoms with E-state index in [0.717, 1.165) is 16.0 Å². The van der Waals surface area contributed by atoms with Crippen molar-refractivity contribution < 1.29 is 14.5 Å². The summed E-state index contributed by atoms with van der Waals surface area (Å²) in [6.07, 6.45) is 2.34. The Kier molecular flexibility index (Phi) is 6.23. The average Bonchev–Trinajstić information content (AvgIpc) is 3.10. The molecule has 0 aliphatic carbocycles. The fraction of sp³-hybridized carbons (Fsp3) is 0.158. The van der Waals surface area contributed by atoms with Gasteiger partial charge in [-0.25, -0.2) is 4.98 Å². The molecular formula is C19H16ClN3O4S. The van der Waals surface area contributed by atoms with Crippen LogP contribution in [0, 0.1) is 17.0 Å². The number of halogens is 1. The molecule has 28 heavy (non-hydrogen) atoms. The lowest BCUT2D eigenvalue weighted by Gasteiger charge is -2.06. The molecule has 1 N–H and O–H groups in total. The first-order valence-electron chi connectivity index (χ1n) is 8.28. The molecule has 3 rings (SSSR count). The molecule has 144 valence electrons. The second-order valence-corrected chi connectivity index (χ2v) is 7.48. The lowest BCUT2D eigenvalue weighted by atomic mass is 10.1. The lowest BCUT2D eigenvalue weighted by molar-refractivity contribution is -0.385. The van der Waals surface area contributed by atoms with Crippen molar-refractivity contribution in [3.05, 3.63) is 79.8 Å². The minimum atomic E-state index is -0.558. The van der Waals surface area contributed by atoms with Crippen LogP contribution < -0.4 is 10.1 Å². The summed E-state index contributed by atoms with van der Waals surface area (Å²) in [6.45, 7) is 1.59. The van der Waals surface area contributed by atoms with E-state index in [0.29, 0.717) is 16.6 Å². The zero-order chi connectivity index (χ0) is 20.1. The fourth-order valence-electron chi connectivity index (χ4n) is 2.42. The van der Waals surface area contributed by atoms with Crippen molar-refractivity contribution in [2.75, 3.05) is 11.9 Å². The van der Waals surface area contributed by atoms with Crippen molar-refractivity contribution in [1.29, 1.82) is 0 Å². The maximum Gasteiger partial charge on any atom is 0.310 e. The fourth-order valence-corrected chi connectivity index (χ4v) is 3.49. The summed E-state index contributed by atoms with van der Waals surface area (Å²) < 4.78 is 5.27. The number of ether oxygens (including phenoxy) is 1. The van der Waals surface area contributed by atoms with Crippen LogP contribution in [0.15, 0.2) is 48.7 Å². The Hall–Kier alpha value is -2.97. The van der Waals surface area contributed by atoms with Crippen LogP contribution in [0.1, 0.15) is 16.0 Å². The highest BCUT2D eigenvalue weighted by molar-refractivity contribution is 7.15. The summed E-state index contributed by atoms with van der Waals surface area (Å²) in [5.41, 5.74) is 1.88. The average molecular weight is 418 g/mol. The van der Waals surface area contributed by atoms with Crippen molar-refractivity contribution in [2.24, 2.45) is 0 Å². The van der Waals surface area contributed by atoms with Gasteiger partial charge in [0.1, 0.15) is 0 Å². The second kappa shape index (κ2) is 8.81. The predicted molar refractivity (Wildman–Crippen MR) is 108 cm³/mol. The topological polar surface area (TPSA) is 94.4 Å². The van der Waals surface area contributed by atoms with Gasteiger partial charge in [-0.3, -0.25) is 20.2 Å². The lowest BCUT2D eigenvalue weighted by Crippen LogP contribution is -2.20. The number of rotatable bonds is 7. The molecule has 1 amide bonds. The third kappa shape index (κ3) is 5.05.